The minimum Gasteiger partial charge on any atom is -0.172 e. The van der Waals surface area contributed by atoms with Crippen molar-refractivity contribution in [3.05, 3.63) is 53.1 Å². The summed E-state index contributed by atoms with van der Waals surface area (Å²) in [7, 11) is 0. The van der Waals surface area contributed by atoms with E-state index in [1.807, 2.05) is 0 Å². The number of rotatable bonds is 4. The smallest absolute Gasteiger partial charge is 0.0171 e. The van der Waals surface area contributed by atoms with Crippen LogP contribution in [0.3, 0.4) is 0 Å². The minimum absolute atomic E-state index is 0.293. The van der Waals surface area contributed by atoms with Crippen LogP contribution in [-0.2, 0) is 0 Å². The first-order valence-corrected chi connectivity index (χ1v) is 6.70. The molecule has 92 valence electrons. The number of benzene rings is 1. The van der Waals surface area contributed by atoms with Gasteiger partial charge in [0.05, 0.1) is 0 Å². The minimum atomic E-state index is 0.293. The van der Waals surface area contributed by atoms with Crippen LogP contribution in [0, 0.1) is 13.8 Å². The van der Waals surface area contributed by atoms with Crippen molar-refractivity contribution >= 4 is 18.2 Å². The standard InChI is InChI=1S/C16H22S/c1-5-6-15(9-8-14(4)17)16-10-7-12(2)11-13(16)3/h6-11,14,17H,5H2,1-4H3/b9-8-,15-6+. The van der Waals surface area contributed by atoms with Gasteiger partial charge in [-0.05, 0) is 43.9 Å². The zero-order valence-electron chi connectivity index (χ0n) is 11.2. The van der Waals surface area contributed by atoms with E-state index in [-0.39, 0.29) is 0 Å². The van der Waals surface area contributed by atoms with Gasteiger partial charge in [0.25, 0.3) is 0 Å². The highest BCUT2D eigenvalue weighted by Gasteiger charge is 2.02. The van der Waals surface area contributed by atoms with Gasteiger partial charge in [0.1, 0.15) is 0 Å². The lowest BCUT2D eigenvalue weighted by Gasteiger charge is -2.08. The molecule has 1 rings (SSSR count). The second-order valence-electron chi connectivity index (χ2n) is 4.49. The molecule has 0 spiro atoms. The van der Waals surface area contributed by atoms with Crippen LogP contribution in [0.4, 0.5) is 0 Å². The van der Waals surface area contributed by atoms with E-state index < -0.39 is 0 Å². The van der Waals surface area contributed by atoms with Gasteiger partial charge in [0.2, 0.25) is 0 Å². The Balaban J connectivity index is 3.11. The summed E-state index contributed by atoms with van der Waals surface area (Å²) in [5, 5.41) is 0.293. The van der Waals surface area contributed by atoms with E-state index in [1.54, 1.807) is 0 Å². The number of aryl methyl sites for hydroxylation is 2. The molecule has 0 aromatic heterocycles. The molecule has 0 bridgehead atoms. The highest BCUT2D eigenvalue weighted by molar-refractivity contribution is 7.81. The van der Waals surface area contributed by atoms with Crippen molar-refractivity contribution in [2.24, 2.45) is 0 Å². The van der Waals surface area contributed by atoms with E-state index in [9.17, 15) is 0 Å². The van der Waals surface area contributed by atoms with Crippen molar-refractivity contribution in [3.8, 4) is 0 Å². The Hall–Kier alpha value is -0.950. The zero-order valence-corrected chi connectivity index (χ0v) is 12.1. The largest absolute Gasteiger partial charge is 0.172 e. The molecule has 0 saturated heterocycles. The van der Waals surface area contributed by atoms with E-state index in [4.69, 9.17) is 0 Å². The number of hydrogen-bond acceptors (Lipinski definition) is 1. The molecule has 1 aromatic rings. The predicted octanol–water partition coefficient (Wildman–Crippen LogP) is 4.97. The number of allylic oxidation sites excluding steroid dienone is 3. The summed E-state index contributed by atoms with van der Waals surface area (Å²) < 4.78 is 0. The van der Waals surface area contributed by atoms with Gasteiger partial charge in [-0.3, -0.25) is 0 Å². The maximum absolute atomic E-state index is 4.38. The molecular formula is C16H22S. The molecule has 0 heterocycles. The van der Waals surface area contributed by atoms with Gasteiger partial charge in [-0.25, -0.2) is 0 Å². The van der Waals surface area contributed by atoms with Crippen LogP contribution in [0.1, 0.15) is 37.0 Å². The molecule has 0 aliphatic heterocycles. The molecule has 0 nitrogen and oxygen atoms in total. The van der Waals surface area contributed by atoms with Crippen LogP contribution in [0.25, 0.3) is 5.57 Å². The van der Waals surface area contributed by atoms with Gasteiger partial charge in [0, 0.05) is 5.25 Å². The van der Waals surface area contributed by atoms with Crippen LogP contribution >= 0.6 is 12.6 Å². The monoisotopic (exact) mass is 246 g/mol. The van der Waals surface area contributed by atoms with E-state index in [0.717, 1.165) is 6.42 Å². The van der Waals surface area contributed by atoms with Gasteiger partial charge in [-0.15, -0.1) is 0 Å². The molecule has 0 aliphatic rings. The first kappa shape index (κ1) is 14.1. The van der Waals surface area contributed by atoms with Gasteiger partial charge in [-0.2, -0.15) is 12.6 Å². The second kappa shape index (κ2) is 6.70. The van der Waals surface area contributed by atoms with Crippen LogP contribution in [0.2, 0.25) is 0 Å². The molecule has 0 saturated carbocycles. The molecule has 1 heteroatoms. The van der Waals surface area contributed by atoms with Crippen molar-refractivity contribution in [1.82, 2.24) is 0 Å². The average molecular weight is 246 g/mol. The Morgan fingerprint density at radius 3 is 2.59 bits per heavy atom. The maximum Gasteiger partial charge on any atom is 0.0171 e. The molecule has 0 amide bonds. The number of hydrogen-bond donors (Lipinski definition) is 1. The molecule has 0 radical (unpaired) electrons. The lowest BCUT2D eigenvalue weighted by atomic mass is 9.97. The summed E-state index contributed by atoms with van der Waals surface area (Å²) in [4.78, 5) is 0. The molecule has 0 N–H and O–H groups in total. The van der Waals surface area contributed by atoms with Crippen molar-refractivity contribution in [1.29, 1.82) is 0 Å². The SMILES string of the molecule is CC/C=C(\C=C/C(C)S)c1ccc(C)cc1C. The molecule has 1 atom stereocenters. The first-order valence-electron chi connectivity index (χ1n) is 6.18. The highest BCUT2D eigenvalue weighted by Crippen LogP contribution is 2.22. The van der Waals surface area contributed by atoms with Crippen LogP contribution < -0.4 is 0 Å². The maximum atomic E-state index is 4.38. The summed E-state index contributed by atoms with van der Waals surface area (Å²) in [5.74, 6) is 0. The third-order valence-electron chi connectivity index (χ3n) is 2.67. The van der Waals surface area contributed by atoms with Gasteiger partial charge in [-0.1, -0.05) is 48.9 Å². The Morgan fingerprint density at radius 1 is 1.35 bits per heavy atom. The summed E-state index contributed by atoms with van der Waals surface area (Å²) in [6, 6.07) is 6.61. The lowest BCUT2D eigenvalue weighted by Crippen LogP contribution is -1.90. The van der Waals surface area contributed by atoms with Crippen molar-refractivity contribution in [2.75, 3.05) is 0 Å². The van der Waals surface area contributed by atoms with E-state index in [0.29, 0.717) is 5.25 Å². The van der Waals surface area contributed by atoms with Crippen molar-refractivity contribution < 1.29 is 0 Å². The highest BCUT2D eigenvalue weighted by atomic mass is 32.1. The lowest BCUT2D eigenvalue weighted by molar-refractivity contribution is 1.22. The summed E-state index contributed by atoms with van der Waals surface area (Å²) >= 11 is 4.38. The Labute approximate surface area is 111 Å². The predicted molar refractivity (Wildman–Crippen MR) is 81.8 cm³/mol. The van der Waals surface area contributed by atoms with E-state index >= 15 is 0 Å². The van der Waals surface area contributed by atoms with Crippen molar-refractivity contribution in [3.63, 3.8) is 0 Å². The molecule has 1 unspecified atom stereocenters. The average Bonchev–Trinajstić information content (AvgIpc) is 2.24. The Kier molecular flexibility index (Phi) is 5.57. The summed E-state index contributed by atoms with van der Waals surface area (Å²) in [6.45, 7) is 8.54. The second-order valence-corrected chi connectivity index (χ2v) is 5.30. The fourth-order valence-electron chi connectivity index (χ4n) is 1.87. The molecule has 1 aromatic carbocycles. The Bertz CT molecular complexity index is 425. The molecule has 17 heavy (non-hydrogen) atoms. The van der Waals surface area contributed by atoms with Crippen molar-refractivity contribution in [2.45, 2.75) is 39.4 Å². The first-order chi connectivity index (χ1) is 8.04. The van der Waals surface area contributed by atoms with Crippen LogP contribution in [0.15, 0.2) is 36.4 Å². The molecular weight excluding hydrogens is 224 g/mol. The van der Waals surface area contributed by atoms with Gasteiger partial charge < -0.3 is 0 Å². The third kappa shape index (κ3) is 4.43. The fourth-order valence-corrected chi connectivity index (χ4v) is 1.95. The topological polar surface area (TPSA) is 0 Å². The number of thiol groups is 1. The van der Waals surface area contributed by atoms with Gasteiger partial charge in [0.15, 0.2) is 0 Å². The fraction of sp³-hybridized carbons (Fsp3) is 0.375. The molecule has 0 fully saturated rings. The quantitative estimate of drug-likeness (QED) is 0.562. The summed E-state index contributed by atoms with van der Waals surface area (Å²) in [5.41, 5.74) is 5.27. The third-order valence-corrected chi connectivity index (χ3v) is 2.84. The summed E-state index contributed by atoms with van der Waals surface area (Å²) in [6.07, 6.45) is 7.63. The Morgan fingerprint density at radius 2 is 2.06 bits per heavy atom. The normalized spacial score (nSPS) is 14.3. The van der Waals surface area contributed by atoms with Crippen LogP contribution in [-0.4, -0.2) is 5.25 Å². The van der Waals surface area contributed by atoms with Gasteiger partial charge >= 0.3 is 0 Å². The van der Waals surface area contributed by atoms with E-state index in [2.05, 4.69) is 76.8 Å². The molecule has 0 aliphatic carbocycles. The van der Waals surface area contributed by atoms with Crippen LogP contribution in [0.5, 0.6) is 0 Å². The zero-order chi connectivity index (χ0) is 12.8. The van der Waals surface area contributed by atoms with E-state index in [1.165, 1.54) is 22.3 Å².